The molecule has 15 nitrogen and oxygen atoms in total. The molecule has 0 radical (unpaired) electrons. The van der Waals surface area contributed by atoms with Gasteiger partial charge < -0.3 is 56.8 Å². The summed E-state index contributed by atoms with van der Waals surface area (Å²) in [4.78, 5) is 23.9. The number of rotatable bonds is 41. The van der Waals surface area contributed by atoms with Crippen molar-refractivity contribution < 1.29 is 66.4 Å². The average Bonchev–Trinajstić information content (AvgIpc) is 3.43. The van der Waals surface area contributed by atoms with Gasteiger partial charge in [0.25, 0.3) is 11.8 Å². The summed E-state index contributed by atoms with van der Waals surface area (Å²) in [6, 6.07) is 0. The number of amides is 2. The molecule has 0 fully saturated rings. The molecule has 0 aromatic rings. The van der Waals surface area contributed by atoms with Gasteiger partial charge in [0.15, 0.2) is 0 Å². The topological polar surface area (TPSA) is 148 Å². The van der Waals surface area contributed by atoms with E-state index in [-0.39, 0.29) is 25.0 Å². The number of unbranched alkanes of at least 4 members (excludes halogenated alkanes) is 3. The molecule has 1 rings (SSSR count). The molecule has 0 aromatic heterocycles. The van der Waals surface area contributed by atoms with Crippen LogP contribution >= 0.6 is 0 Å². The molecular formula is C34H63NO14. The van der Waals surface area contributed by atoms with Gasteiger partial charge in [0.1, 0.15) is 0 Å². The van der Waals surface area contributed by atoms with Gasteiger partial charge in [0, 0.05) is 18.8 Å². The number of nitrogens with zero attached hydrogens (tertiary/aromatic N) is 1. The van der Waals surface area contributed by atoms with Crippen molar-refractivity contribution >= 4 is 11.8 Å². The fourth-order valence-corrected chi connectivity index (χ4v) is 3.96. The van der Waals surface area contributed by atoms with Crippen LogP contribution in [0, 0.1) is 0 Å². The highest BCUT2D eigenvalue weighted by Gasteiger charge is 2.22. The van der Waals surface area contributed by atoms with Crippen LogP contribution in [0.25, 0.3) is 0 Å². The van der Waals surface area contributed by atoms with Crippen molar-refractivity contribution in [2.75, 3.05) is 165 Å². The molecule has 0 bridgehead atoms. The SMILES string of the molecule is CCCCCCOCCOCCOCCOCCOCCOCCOCCOCCOCCOCCOCCOCCN1C(=O)C=CC1=O. The second-order valence-electron chi connectivity index (χ2n) is 10.6. The molecule has 0 spiro atoms. The van der Waals surface area contributed by atoms with Crippen LogP contribution in [0.1, 0.15) is 32.6 Å². The molecule has 49 heavy (non-hydrogen) atoms. The molecule has 0 saturated carbocycles. The Morgan fingerprint density at radius 3 is 0.857 bits per heavy atom. The normalized spacial score (nSPS) is 13.0. The Balaban J connectivity index is 1.61. The van der Waals surface area contributed by atoms with Gasteiger partial charge >= 0.3 is 0 Å². The minimum absolute atomic E-state index is 0.240. The van der Waals surface area contributed by atoms with Crippen LogP contribution in [0.2, 0.25) is 0 Å². The summed E-state index contributed by atoms with van der Waals surface area (Å²) in [5.74, 6) is -0.612. The fraction of sp³-hybridized carbons (Fsp3) is 0.882. The summed E-state index contributed by atoms with van der Waals surface area (Å²) in [5.41, 5.74) is 0. The summed E-state index contributed by atoms with van der Waals surface area (Å²) < 4.78 is 65.6. The van der Waals surface area contributed by atoms with E-state index in [9.17, 15) is 9.59 Å². The first kappa shape index (κ1) is 45.4. The fourth-order valence-electron chi connectivity index (χ4n) is 3.96. The van der Waals surface area contributed by atoms with Gasteiger partial charge in [0.2, 0.25) is 0 Å². The zero-order valence-corrected chi connectivity index (χ0v) is 29.8. The third kappa shape index (κ3) is 32.1. The van der Waals surface area contributed by atoms with Crippen LogP contribution in [0.4, 0.5) is 0 Å². The number of hydrogen-bond donors (Lipinski definition) is 0. The minimum atomic E-state index is -0.306. The van der Waals surface area contributed by atoms with Crippen molar-refractivity contribution in [1.82, 2.24) is 4.90 Å². The van der Waals surface area contributed by atoms with Crippen LogP contribution in [0.5, 0.6) is 0 Å². The first-order chi connectivity index (χ1) is 24.3. The molecule has 0 unspecified atom stereocenters. The lowest BCUT2D eigenvalue weighted by molar-refractivity contribution is -0.137. The highest BCUT2D eigenvalue weighted by molar-refractivity contribution is 6.12. The van der Waals surface area contributed by atoms with Crippen molar-refractivity contribution in [2.24, 2.45) is 0 Å². The molecule has 0 aliphatic carbocycles. The van der Waals surface area contributed by atoms with Gasteiger partial charge in [-0.3, -0.25) is 14.5 Å². The number of carbonyl (C=O) groups excluding carboxylic acids is 2. The molecule has 0 aromatic carbocycles. The largest absolute Gasteiger partial charge is 0.379 e. The van der Waals surface area contributed by atoms with E-state index < -0.39 is 0 Å². The quantitative estimate of drug-likeness (QED) is 0.0670. The standard InChI is InChI=1S/C34H63NO14/c1-2-3-4-5-9-38-11-13-40-15-17-42-19-21-44-23-25-46-27-29-48-31-32-49-30-28-47-26-24-45-22-20-43-18-16-41-14-12-39-10-8-35-33(36)6-7-34(35)37/h6-7H,2-5,8-32H2,1H3. The molecule has 1 aliphatic rings. The predicted octanol–water partition coefficient (Wildman–Crippen LogP) is 1.69. The van der Waals surface area contributed by atoms with Crippen LogP contribution < -0.4 is 0 Å². The van der Waals surface area contributed by atoms with Crippen LogP contribution in [0.3, 0.4) is 0 Å². The maximum atomic E-state index is 11.4. The van der Waals surface area contributed by atoms with Crippen molar-refractivity contribution in [3.63, 3.8) is 0 Å². The monoisotopic (exact) mass is 709 g/mol. The molecule has 288 valence electrons. The number of carbonyl (C=O) groups is 2. The van der Waals surface area contributed by atoms with Gasteiger partial charge in [-0.15, -0.1) is 0 Å². The minimum Gasteiger partial charge on any atom is -0.379 e. The van der Waals surface area contributed by atoms with E-state index in [1.807, 2.05) is 0 Å². The molecule has 1 heterocycles. The Labute approximate surface area is 293 Å². The third-order valence-electron chi connectivity index (χ3n) is 6.59. The summed E-state index contributed by atoms with van der Waals surface area (Å²) >= 11 is 0. The molecule has 0 N–H and O–H groups in total. The first-order valence-electron chi connectivity index (χ1n) is 17.7. The lowest BCUT2D eigenvalue weighted by atomic mass is 10.2. The van der Waals surface area contributed by atoms with Crippen molar-refractivity contribution in [1.29, 1.82) is 0 Å². The Hall–Kier alpha value is -1.60. The van der Waals surface area contributed by atoms with Gasteiger partial charge in [-0.25, -0.2) is 0 Å². The molecule has 0 saturated heterocycles. The Morgan fingerprint density at radius 1 is 0.347 bits per heavy atom. The van der Waals surface area contributed by atoms with E-state index >= 15 is 0 Å². The van der Waals surface area contributed by atoms with Crippen molar-refractivity contribution in [3.8, 4) is 0 Å². The zero-order chi connectivity index (χ0) is 35.1. The molecule has 0 atom stereocenters. The van der Waals surface area contributed by atoms with Crippen molar-refractivity contribution in [2.45, 2.75) is 32.6 Å². The summed E-state index contributed by atoms with van der Waals surface area (Å²) in [7, 11) is 0. The van der Waals surface area contributed by atoms with E-state index in [1.54, 1.807) is 0 Å². The lowest BCUT2D eigenvalue weighted by Crippen LogP contribution is -2.33. The lowest BCUT2D eigenvalue weighted by Gasteiger charge is -2.13. The summed E-state index contributed by atoms with van der Waals surface area (Å²) in [6.07, 6.45) is 7.39. The average molecular weight is 710 g/mol. The van der Waals surface area contributed by atoms with Crippen LogP contribution in [0.15, 0.2) is 12.2 Å². The third-order valence-corrected chi connectivity index (χ3v) is 6.59. The molecule has 2 amide bonds. The highest BCUT2D eigenvalue weighted by Crippen LogP contribution is 2.02. The summed E-state index contributed by atoms with van der Waals surface area (Å²) in [6.45, 7) is 14.5. The van der Waals surface area contributed by atoms with E-state index in [1.165, 1.54) is 31.4 Å². The second kappa shape index (κ2) is 37.7. The predicted molar refractivity (Wildman–Crippen MR) is 180 cm³/mol. The maximum Gasteiger partial charge on any atom is 0.253 e. The van der Waals surface area contributed by atoms with Gasteiger partial charge in [-0.2, -0.15) is 0 Å². The van der Waals surface area contributed by atoms with Gasteiger partial charge in [-0.05, 0) is 6.42 Å². The smallest absolute Gasteiger partial charge is 0.253 e. The van der Waals surface area contributed by atoms with Crippen molar-refractivity contribution in [3.05, 3.63) is 12.2 Å². The van der Waals surface area contributed by atoms with E-state index in [2.05, 4.69) is 6.92 Å². The van der Waals surface area contributed by atoms with Gasteiger partial charge in [-0.1, -0.05) is 26.2 Å². The number of imide groups is 1. The molecule has 15 heteroatoms. The Kier molecular flexibility index (Phi) is 34.9. The van der Waals surface area contributed by atoms with E-state index in [0.29, 0.717) is 145 Å². The number of ether oxygens (including phenoxy) is 12. The number of hydrogen-bond acceptors (Lipinski definition) is 14. The summed E-state index contributed by atoms with van der Waals surface area (Å²) in [5, 5.41) is 0. The van der Waals surface area contributed by atoms with E-state index in [0.717, 1.165) is 17.9 Å². The van der Waals surface area contributed by atoms with Crippen LogP contribution in [-0.4, -0.2) is 182 Å². The Morgan fingerprint density at radius 2 is 0.592 bits per heavy atom. The maximum absolute atomic E-state index is 11.4. The first-order valence-corrected chi connectivity index (χ1v) is 17.7. The van der Waals surface area contributed by atoms with Gasteiger partial charge in [0.05, 0.1) is 159 Å². The second-order valence-corrected chi connectivity index (χ2v) is 10.6. The van der Waals surface area contributed by atoms with E-state index in [4.69, 9.17) is 56.8 Å². The highest BCUT2D eigenvalue weighted by atomic mass is 16.6. The zero-order valence-electron chi connectivity index (χ0n) is 29.8. The molecular weight excluding hydrogens is 646 g/mol. The van der Waals surface area contributed by atoms with Crippen LogP contribution in [-0.2, 0) is 66.4 Å². The Bertz CT molecular complexity index is 742. The molecule has 1 aliphatic heterocycles.